The second kappa shape index (κ2) is 11.7. The van der Waals surface area contributed by atoms with Crippen molar-refractivity contribution in [2.24, 2.45) is 0 Å². The molecule has 0 fully saturated rings. The summed E-state index contributed by atoms with van der Waals surface area (Å²) < 4.78 is 46.8. The van der Waals surface area contributed by atoms with Crippen LogP contribution in [0.1, 0.15) is 5.69 Å². The SMILES string of the molecule is CNCc1cc(S(=O)(=O)c2cccc(OC)c2)n(-c2ccccc2F)n1.O=C(O)C=CC(=O)O. The molecule has 1 heterocycles. The third-order valence-electron chi connectivity index (χ3n) is 4.16. The second-order valence-electron chi connectivity index (χ2n) is 6.56. The average molecular weight is 491 g/mol. The summed E-state index contributed by atoms with van der Waals surface area (Å²) >= 11 is 0. The fourth-order valence-electron chi connectivity index (χ4n) is 2.70. The van der Waals surface area contributed by atoms with Crippen molar-refractivity contribution in [1.82, 2.24) is 15.1 Å². The van der Waals surface area contributed by atoms with Crippen LogP contribution in [0.4, 0.5) is 4.39 Å². The summed E-state index contributed by atoms with van der Waals surface area (Å²) in [6.45, 7) is 0.349. The van der Waals surface area contributed by atoms with Gasteiger partial charge in [0.2, 0.25) is 9.84 Å². The number of hydrogen-bond acceptors (Lipinski definition) is 7. The first-order valence-electron chi connectivity index (χ1n) is 9.61. The quantitative estimate of drug-likeness (QED) is 0.404. The van der Waals surface area contributed by atoms with Crippen LogP contribution in [0, 0.1) is 5.82 Å². The monoisotopic (exact) mass is 491 g/mol. The van der Waals surface area contributed by atoms with Gasteiger partial charge in [0, 0.05) is 24.8 Å². The van der Waals surface area contributed by atoms with Gasteiger partial charge in [-0.3, -0.25) is 0 Å². The maximum absolute atomic E-state index is 14.3. The number of methoxy groups -OCH3 is 1. The number of aliphatic carboxylic acids is 2. The van der Waals surface area contributed by atoms with E-state index in [9.17, 15) is 22.4 Å². The van der Waals surface area contributed by atoms with Crippen molar-refractivity contribution in [3.8, 4) is 11.4 Å². The van der Waals surface area contributed by atoms with Crippen molar-refractivity contribution >= 4 is 21.8 Å². The number of ether oxygens (including phenoxy) is 1. The van der Waals surface area contributed by atoms with Crippen molar-refractivity contribution in [1.29, 1.82) is 0 Å². The maximum Gasteiger partial charge on any atom is 0.328 e. The largest absolute Gasteiger partial charge is 0.497 e. The van der Waals surface area contributed by atoms with Crippen LogP contribution in [-0.2, 0) is 26.0 Å². The zero-order chi connectivity index (χ0) is 25.3. The Hall–Kier alpha value is -4.03. The van der Waals surface area contributed by atoms with Gasteiger partial charge in [-0.15, -0.1) is 0 Å². The van der Waals surface area contributed by atoms with Crippen molar-refractivity contribution in [3.05, 3.63) is 78.3 Å². The van der Waals surface area contributed by atoms with E-state index in [-0.39, 0.29) is 15.6 Å². The van der Waals surface area contributed by atoms with Gasteiger partial charge in [0.25, 0.3) is 0 Å². The molecule has 0 amide bonds. The minimum absolute atomic E-state index is 0.0466. The molecule has 0 aliphatic carbocycles. The second-order valence-corrected chi connectivity index (χ2v) is 8.46. The molecule has 34 heavy (non-hydrogen) atoms. The van der Waals surface area contributed by atoms with Crippen LogP contribution in [0.15, 0.2) is 76.7 Å². The van der Waals surface area contributed by atoms with Gasteiger partial charge in [-0.1, -0.05) is 18.2 Å². The van der Waals surface area contributed by atoms with Crippen LogP contribution in [0.2, 0.25) is 0 Å². The summed E-state index contributed by atoms with van der Waals surface area (Å²) in [7, 11) is -0.759. The smallest absolute Gasteiger partial charge is 0.328 e. The predicted molar refractivity (Wildman–Crippen MR) is 119 cm³/mol. The van der Waals surface area contributed by atoms with E-state index in [0.717, 1.165) is 4.68 Å². The van der Waals surface area contributed by atoms with Crippen molar-refractivity contribution in [2.45, 2.75) is 16.5 Å². The topological polar surface area (TPSA) is 148 Å². The minimum Gasteiger partial charge on any atom is -0.497 e. The fourth-order valence-corrected chi connectivity index (χ4v) is 4.13. The van der Waals surface area contributed by atoms with Gasteiger partial charge in [0.15, 0.2) is 5.03 Å². The molecule has 0 unspecified atom stereocenters. The third kappa shape index (κ3) is 6.73. The lowest BCUT2D eigenvalue weighted by molar-refractivity contribution is -0.134. The number of sulfone groups is 1. The highest BCUT2D eigenvalue weighted by Gasteiger charge is 2.26. The number of nitrogens with zero attached hydrogens (tertiary/aromatic N) is 2. The molecule has 0 radical (unpaired) electrons. The molecule has 0 aliphatic heterocycles. The Bertz CT molecular complexity index is 1290. The number of benzene rings is 2. The Balaban J connectivity index is 0.000000440. The first-order valence-corrected chi connectivity index (χ1v) is 11.1. The number of carboxylic acid groups (broad SMARTS) is 2. The molecule has 10 nitrogen and oxygen atoms in total. The number of hydrogen-bond donors (Lipinski definition) is 3. The van der Waals surface area contributed by atoms with E-state index in [1.807, 2.05) is 0 Å². The van der Waals surface area contributed by atoms with Crippen LogP contribution >= 0.6 is 0 Å². The first-order chi connectivity index (χ1) is 16.1. The molecule has 180 valence electrons. The molecule has 12 heteroatoms. The number of carboxylic acids is 2. The standard InChI is InChI=1S/C18H18FN3O3S.C4H4O4/c1-20-12-13-10-18(22(21-13)17-9-4-3-8-16(17)19)26(23,24)15-7-5-6-14(11-15)25-2;5-3(6)1-2-4(7)8/h3-11,20H,12H2,1-2H3;1-2H,(H,5,6)(H,7,8). The molecule has 0 spiro atoms. The van der Waals surface area contributed by atoms with Gasteiger partial charge in [-0.2, -0.15) is 5.10 Å². The number of rotatable bonds is 8. The summed E-state index contributed by atoms with van der Waals surface area (Å²) in [5.74, 6) is -2.66. The van der Waals surface area contributed by atoms with E-state index in [1.54, 1.807) is 25.2 Å². The molecule has 3 aromatic rings. The highest BCUT2D eigenvalue weighted by atomic mass is 32.2. The Kier molecular flexibility index (Phi) is 9.04. The molecule has 0 aliphatic rings. The van der Waals surface area contributed by atoms with Crippen LogP contribution < -0.4 is 10.1 Å². The highest BCUT2D eigenvalue weighted by molar-refractivity contribution is 7.91. The summed E-state index contributed by atoms with van der Waals surface area (Å²) in [6.07, 6.45) is 1.12. The summed E-state index contributed by atoms with van der Waals surface area (Å²) in [5.41, 5.74) is 0.550. The van der Waals surface area contributed by atoms with Crippen LogP contribution in [0.3, 0.4) is 0 Å². The zero-order valence-corrected chi connectivity index (χ0v) is 19.0. The Labute approximate surface area is 194 Å². The van der Waals surface area contributed by atoms with E-state index in [0.29, 0.717) is 30.1 Å². The molecule has 0 saturated heterocycles. The lowest BCUT2D eigenvalue weighted by atomic mass is 10.3. The summed E-state index contributed by atoms with van der Waals surface area (Å²) in [6, 6.07) is 13.5. The number of halogens is 1. The lowest BCUT2D eigenvalue weighted by Crippen LogP contribution is -2.11. The van der Waals surface area contributed by atoms with E-state index >= 15 is 0 Å². The van der Waals surface area contributed by atoms with Crippen molar-refractivity contribution in [2.75, 3.05) is 14.2 Å². The van der Waals surface area contributed by atoms with Crippen LogP contribution in [0.5, 0.6) is 5.75 Å². The van der Waals surface area contributed by atoms with Crippen LogP contribution in [0.25, 0.3) is 5.69 Å². The van der Waals surface area contributed by atoms with Crippen LogP contribution in [-0.4, -0.2) is 54.5 Å². The summed E-state index contributed by atoms with van der Waals surface area (Å²) in [4.78, 5) is 19.2. The first kappa shape index (κ1) is 26.2. The van der Waals surface area contributed by atoms with Crippen molar-refractivity contribution in [3.63, 3.8) is 0 Å². The van der Waals surface area contributed by atoms with E-state index in [1.165, 1.54) is 43.5 Å². The molecule has 1 aromatic heterocycles. The number of nitrogens with one attached hydrogen (secondary N) is 1. The summed E-state index contributed by atoms with van der Waals surface area (Å²) in [5, 5.41) is 22.7. The van der Waals surface area contributed by atoms with Crippen molar-refractivity contribution < 1.29 is 37.3 Å². The van der Waals surface area contributed by atoms with E-state index < -0.39 is 27.6 Å². The molecular weight excluding hydrogens is 469 g/mol. The van der Waals surface area contributed by atoms with E-state index in [2.05, 4.69) is 10.4 Å². The lowest BCUT2D eigenvalue weighted by Gasteiger charge is -2.10. The highest BCUT2D eigenvalue weighted by Crippen LogP contribution is 2.27. The number of aromatic nitrogens is 2. The molecule has 0 bridgehead atoms. The number of carbonyl (C=O) groups is 2. The van der Waals surface area contributed by atoms with Gasteiger partial charge in [0.05, 0.1) is 17.7 Å². The van der Waals surface area contributed by atoms with Gasteiger partial charge in [-0.25, -0.2) is 27.1 Å². The maximum atomic E-state index is 14.3. The van der Waals surface area contributed by atoms with Gasteiger partial charge < -0.3 is 20.3 Å². The zero-order valence-electron chi connectivity index (χ0n) is 18.2. The third-order valence-corrected chi connectivity index (χ3v) is 5.88. The normalized spacial score (nSPS) is 11.0. The predicted octanol–water partition coefficient (Wildman–Crippen LogP) is 2.28. The fraction of sp³-hybridized carbons (Fsp3) is 0.136. The molecule has 0 atom stereocenters. The van der Waals surface area contributed by atoms with E-state index in [4.69, 9.17) is 14.9 Å². The molecule has 0 saturated carbocycles. The molecule has 2 aromatic carbocycles. The molecule has 3 N–H and O–H groups in total. The molecular formula is C22H22FN3O7S. The average Bonchev–Trinajstić information content (AvgIpc) is 3.23. The van der Waals surface area contributed by atoms with Gasteiger partial charge >= 0.3 is 11.9 Å². The van der Waals surface area contributed by atoms with Gasteiger partial charge in [0.1, 0.15) is 17.3 Å². The molecule has 3 rings (SSSR count). The Morgan fingerprint density at radius 3 is 2.29 bits per heavy atom. The Morgan fingerprint density at radius 2 is 1.74 bits per heavy atom. The minimum atomic E-state index is -3.94. The Morgan fingerprint density at radius 1 is 1.09 bits per heavy atom. The number of para-hydroxylation sites is 1. The van der Waals surface area contributed by atoms with Gasteiger partial charge in [-0.05, 0) is 37.4 Å².